The van der Waals surface area contributed by atoms with Crippen LogP contribution in [0.5, 0.6) is 5.95 Å². The lowest BCUT2D eigenvalue weighted by atomic mass is 9.85. The third kappa shape index (κ3) is 2.19. The van der Waals surface area contributed by atoms with Gasteiger partial charge in [-0.05, 0) is 63.2 Å². The van der Waals surface area contributed by atoms with E-state index >= 15 is 0 Å². The zero-order chi connectivity index (χ0) is 15.4. The molecule has 4 heteroatoms. The van der Waals surface area contributed by atoms with Crippen molar-refractivity contribution >= 4 is 0 Å². The van der Waals surface area contributed by atoms with E-state index in [2.05, 4.69) is 35.2 Å². The van der Waals surface area contributed by atoms with Crippen LogP contribution in [0.15, 0.2) is 22.7 Å². The Labute approximate surface area is 136 Å². The van der Waals surface area contributed by atoms with E-state index in [0.717, 1.165) is 25.1 Å². The first-order chi connectivity index (χ1) is 11.3. The maximum Gasteiger partial charge on any atom is 0.315 e. The molecule has 120 valence electrons. The lowest BCUT2D eigenvalue weighted by Crippen LogP contribution is -2.52. The van der Waals surface area contributed by atoms with E-state index in [1.165, 1.54) is 48.2 Å². The van der Waals surface area contributed by atoms with E-state index in [4.69, 9.17) is 9.26 Å². The molecule has 1 unspecified atom stereocenters. The smallest absolute Gasteiger partial charge is 0.315 e. The van der Waals surface area contributed by atoms with Crippen molar-refractivity contribution < 1.29 is 9.26 Å². The molecule has 0 spiro atoms. The molecule has 23 heavy (non-hydrogen) atoms. The molecule has 1 aliphatic carbocycles. The molecule has 4 nitrogen and oxygen atoms in total. The Bertz CT molecular complexity index is 744. The summed E-state index contributed by atoms with van der Waals surface area (Å²) in [7, 11) is 0. The van der Waals surface area contributed by atoms with Crippen LogP contribution in [0.1, 0.15) is 29.5 Å². The van der Waals surface area contributed by atoms with Crippen molar-refractivity contribution in [3.05, 3.63) is 34.9 Å². The summed E-state index contributed by atoms with van der Waals surface area (Å²) in [4.78, 5) is 2.51. The minimum Gasteiger partial charge on any atom is -0.459 e. The molecule has 0 saturated carbocycles. The molecule has 4 aliphatic rings. The van der Waals surface area contributed by atoms with Crippen LogP contribution in [-0.4, -0.2) is 35.8 Å². The molecule has 3 fully saturated rings. The molecular formula is C19H22N2O2. The maximum atomic E-state index is 6.30. The summed E-state index contributed by atoms with van der Waals surface area (Å²) in [6.07, 6.45) is 4.78. The monoisotopic (exact) mass is 310 g/mol. The number of benzene rings is 1. The van der Waals surface area contributed by atoms with Crippen molar-refractivity contribution in [2.75, 3.05) is 19.6 Å². The van der Waals surface area contributed by atoms with Crippen LogP contribution in [0.25, 0.3) is 11.3 Å². The van der Waals surface area contributed by atoms with Crippen LogP contribution in [0.4, 0.5) is 0 Å². The third-order valence-electron chi connectivity index (χ3n) is 5.77. The van der Waals surface area contributed by atoms with Gasteiger partial charge >= 0.3 is 5.95 Å². The number of hydrogen-bond donors (Lipinski definition) is 0. The minimum absolute atomic E-state index is 0.272. The predicted octanol–water partition coefficient (Wildman–Crippen LogP) is 3.22. The largest absolute Gasteiger partial charge is 0.459 e. The molecule has 2 aromatic rings. The highest BCUT2D eigenvalue weighted by molar-refractivity contribution is 5.71. The van der Waals surface area contributed by atoms with E-state index < -0.39 is 0 Å². The fraction of sp³-hybridized carbons (Fsp3) is 0.526. The molecule has 1 aromatic heterocycles. The average Bonchev–Trinajstić information content (AvgIpc) is 2.99. The summed E-state index contributed by atoms with van der Waals surface area (Å²) in [5, 5.41) is 4.35. The highest BCUT2D eigenvalue weighted by Gasteiger charge is 2.37. The highest BCUT2D eigenvalue weighted by Crippen LogP contribution is 2.40. The summed E-state index contributed by atoms with van der Waals surface area (Å²) in [6, 6.07) is 6.61. The van der Waals surface area contributed by atoms with Gasteiger partial charge in [-0.1, -0.05) is 22.9 Å². The van der Waals surface area contributed by atoms with Crippen LogP contribution in [0.3, 0.4) is 0 Å². The first-order valence-corrected chi connectivity index (χ1v) is 8.75. The average molecular weight is 310 g/mol. The van der Waals surface area contributed by atoms with Crippen LogP contribution >= 0.6 is 0 Å². The topological polar surface area (TPSA) is 38.5 Å². The Balaban J connectivity index is 1.46. The third-order valence-corrected chi connectivity index (χ3v) is 5.77. The lowest BCUT2D eigenvalue weighted by molar-refractivity contribution is -0.0216. The Hall–Kier alpha value is -1.81. The quantitative estimate of drug-likeness (QED) is 0.853. The highest BCUT2D eigenvalue weighted by atomic mass is 16.6. The van der Waals surface area contributed by atoms with Crippen molar-refractivity contribution in [2.24, 2.45) is 5.92 Å². The second kappa shape index (κ2) is 5.10. The Morgan fingerprint density at radius 1 is 1.22 bits per heavy atom. The van der Waals surface area contributed by atoms with Crippen molar-refractivity contribution in [3.63, 3.8) is 0 Å². The first-order valence-electron chi connectivity index (χ1n) is 8.75. The van der Waals surface area contributed by atoms with E-state index in [9.17, 15) is 0 Å². The number of aromatic nitrogens is 1. The molecule has 1 atom stereocenters. The maximum absolute atomic E-state index is 6.30. The van der Waals surface area contributed by atoms with Crippen LogP contribution in [0, 0.1) is 12.8 Å². The summed E-state index contributed by atoms with van der Waals surface area (Å²) < 4.78 is 11.9. The van der Waals surface area contributed by atoms with Crippen molar-refractivity contribution in [3.8, 4) is 17.2 Å². The molecule has 0 radical (unpaired) electrons. The van der Waals surface area contributed by atoms with Gasteiger partial charge in [0, 0.05) is 12.1 Å². The zero-order valence-corrected chi connectivity index (χ0v) is 13.5. The van der Waals surface area contributed by atoms with Crippen LogP contribution in [0.2, 0.25) is 0 Å². The number of ether oxygens (including phenoxy) is 1. The van der Waals surface area contributed by atoms with Gasteiger partial charge in [0.15, 0.2) is 0 Å². The number of fused-ring (bicyclic) bond motifs is 6. The molecule has 6 rings (SSSR count). The number of nitrogens with zero attached hydrogens (tertiary/aromatic N) is 2. The molecule has 3 saturated heterocycles. The van der Waals surface area contributed by atoms with Gasteiger partial charge in [0.2, 0.25) is 0 Å². The number of aryl methyl sites for hydroxylation is 2. The second-order valence-electron chi connectivity index (χ2n) is 7.25. The minimum atomic E-state index is 0.272. The normalized spacial score (nSPS) is 28.3. The number of rotatable bonds is 2. The molecule has 4 heterocycles. The van der Waals surface area contributed by atoms with Gasteiger partial charge in [-0.2, -0.15) is 0 Å². The van der Waals surface area contributed by atoms with Crippen molar-refractivity contribution in [1.29, 1.82) is 0 Å². The number of piperidine rings is 3. The predicted molar refractivity (Wildman–Crippen MR) is 87.7 cm³/mol. The fourth-order valence-corrected chi connectivity index (χ4v) is 4.39. The van der Waals surface area contributed by atoms with Gasteiger partial charge in [0.25, 0.3) is 0 Å². The first kappa shape index (κ1) is 13.6. The summed E-state index contributed by atoms with van der Waals surface area (Å²) in [5.41, 5.74) is 6.01. The summed E-state index contributed by atoms with van der Waals surface area (Å²) in [5.74, 6) is 1.35. The standard InChI is InChI=1S/C19H22N2O2/c1-12-2-3-13-4-5-15-18(16(13)10-12)20-23-19(15)22-17-11-21-8-6-14(17)7-9-21/h2-3,10,14,17H,4-9,11H2,1H3. The summed E-state index contributed by atoms with van der Waals surface area (Å²) >= 11 is 0. The Morgan fingerprint density at radius 2 is 2.09 bits per heavy atom. The lowest BCUT2D eigenvalue weighted by Gasteiger charge is -2.43. The molecule has 2 bridgehead atoms. The number of hydrogen-bond acceptors (Lipinski definition) is 4. The van der Waals surface area contributed by atoms with Gasteiger partial charge in [0.1, 0.15) is 11.8 Å². The van der Waals surface area contributed by atoms with Crippen molar-refractivity contribution in [1.82, 2.24) is 10.1 Å². The zero-order valence-electron chi connectivity index (χ0n) is 13.5. The van der Waals surface area contributed by atoms with Gasteiger partial charge in [-0.15, -0.1) is 0 Å². The SMILES string of the molecule is Cc1ccc2c(c1)-c1noc(OC3CN4CCC3CC4)c1CC2. The van der Waals surface area contributed by atoms with Crippen LogP contribution in [-0.2, 0) is 12.8 Å². The van der Waals surface area contributed by atoms with E-state index in [0.29, 0.717) is 11.9 Å². The van der Waals surface area contributed by atoms with Gasteiger partial charge in [0.05, 0.1) is 5.56 Å². The van der Waals surface area contributed by atoms with Gasteiger partial charge < -0.3 is 9.26 Å². The van der Waals surface area contributed by atoms with Gasteiger partial charge in [-0.25, -0.2) is 0 Å². The fourth-order valence-electron chi connectivity index (χ4n) is 4.39. The van der Waals surface area contributed by atoms with Gasteiger partial charge in [-0.3, -0.25) is 4.90 Å². The molecule has 0 amide bonds. The van der Waals surface area contributed by atoms with E-state index in [-0.39, 0.29) is 6.10 Å². The Morgan fingerprint density at radius 3 is 2.87 bits per heavy atom. The molecule has 3 aliphatic heterocycles. The summed E-state index contributed by atoms with van der Waals surface area (Å²) in [6.45, 7) is 5.62. The van der Waals surface area contributed by atoms with Crippen LogP contribution < -0.4 is 4.74 Å². The molecular weight excluding hydrogens is 288 g/mol. The Kier molecular flexibility index (Phi) is 3.02. The van der Waals surface area contributed by atoms with E-state index in [1.807, 2.05) is 0 Å². The van der Waals surface area contributed by atoms with E-state index in [1.54, 1.807) is 0 Å². The van der Waals surface area contributed by atoms with Crippen molar-refractivity contribution in [2.45, 2.75) is 38.7 Å². The second-order valence-corrected chi connectivity index (χ2v) is 7.25. The molecule has 1 aromatic carbocycles. The molecule has 0 N–H and O–H groups in total.